The van der Waals surface area contributed by atoms with Crippen LogP contribution in [0.2, 0.25) is 5.02 Å². The van der Waals surface area contributed by atoms with E-state index in [4.69, 9.17) is 11.6 Å². The summed E-state index contributed by atoms with van der Waals surface area (Å²) >= 11 is 5.84. The first-order chi connectivity index (χ1) is 7.56. The standard InChI is InChI=1S/C14H17ClO/c1-4-5-13(16)14(10(2)3)11-6-8-12(15)9-7-11/h4,6-10,14H,1,5H2,2-3H3/t14-/m0/s1. The lowest BCUT2D eigenvalue weighted by molar-refractivity contribution is -0.120. The van der Waals surface area contributed by atoms with E-state index in [9.17, 15) is 4.79 Å². The molecule has 0 amide bonds. The minimum absolute atomic E-state index is 0.0599. The van der Waals surface area contributed by atoms with Crippen molar-refractivity contribution in [3.63, 3.8) is 0 Å². The molecule has 2 heteroatoms. The predicted molar refractivity (Wildman–Crippen MR) is 68.9 cm³/mol. The summed E-state index contributed by atoms with van der Waals surface area (Å²) < 4.78 is 0. The van der Waals surface area contributed by atoms with Crippen molar-refractivity contribution in [2.24, 2.45) is 5.92 Å². The molecule has 0 saturated carbocycles. The molecule has 0 radical (unpaired) electrons. The van der Waals surface area contributed by atoms with Crippen LogP contribution in [-0.4, -0.2) is 5.78 Å². The zero-order valence-electron chi connectivity index (χ0n) is 9.74. The summed E-state index contributed by atoms with van der Waals surface area (Å²) in [6.07, 6.45) is 2.08. The summed E-state index contributed by atoms with van der Waals surface area (Å²) in [5.74, 6) is 0.441. The van der Waals surface area contributed by atoms with Gasteiger partial charge in [-0.3, -0.25) is 4.79 Å². The smallest absolute Gasteiger partial charge is 0.144 e. The van der Waals surface area contributed by atoms with E-state index in [1.807, 2.05) is 24.3 Å². The Balaban J connectivity index is 2.98. The number of benzene rings is 1. The molecule has 0 aliphatic carbocycles. The zero-order valence-corrected chi connectivity index (χ0v) is 10.5. The molecular weight excluding hydrogens is 220 g/mol. The van der Waals surface area contributed by atoms with Crippen molar-refractivity contribution >= 4 is 17.4 Å². The maximum absolute atomic E-state index is 12.0. The fourth-order valence-electron chi connectivity index (χ4n) is 1.88. The highest BCUT2D eigenvalue weighted by Crippen LogP contribution is 2.27. The first kappa shape index (κ1) is 13.0. The third-order valence-corrected chi connectivity index (χ3v) is 2.84. The van der Waals surface area contributed by atoms with Gasteiger partial charge in [0.25, 0.3) is 0 Å². The zero-order chi connectivity index (χ0) is 12.1. The van der Waals surface area contributed by atoms with Crippen molar-refractivity contribution < 1.29 is 4.79 Å². The van der Waals surface area contributed by atoms with Crippen LogP contribution in [0.25, 0.3) is 0 Å². The lowest BCUT2D eigenvalue weighted by atomic mass is 9.84. The first-order valence-electron chi connectivity index (χ1n) is 5.45. The van der Waals surface area contributed by atoms with Crippen molar-refractivity contribution in [2.75, 3.05) is 0 Å². The van der Waals surface area contributed by atoms with Crippen molar-refractivity contribution in [2.45, 2.75) is 26.2 Å². The summed E-state index contributed by atoms with van der Waals surface area (Å²) in [4.78, 5) is 12.0. The number of carbonyl (C=O) groups excluding carboxylic acids is 1. The van der Waals surface area contributed by atoms with E-state index >= 15 is 0 Å². The number of Topliss-reactive ketones (excluding diaryl/α,β-unsaturated/α-hetero) is 1. The van der Waals surface area contributed by atoms with Gasteiger partial charge in [0.05, 0.1) is 0 Å². The van der Waals surface area contributed by atoms with Crippen LogP contribution in [0.5, 0.6) is 0 Å². The van der Waals surface area contributed by atoms with Gasteiger partial charge in [-0.25, -0.2) is 0 Å². The van der Waals surface area contributed by atoms with E-state index in [0.29, 0.717) is 11.4 Å². The molecule has 0 heterocycles. The number of allylic oxidation sites excluding steroid dienone is 1. The van der Waals surface area contributed by atoms with E-state index in [0.717, 1.165) is 5.56 Å². The lowest BCUT2D eigenvalue weighted by Gasteiger charge is -2.19. The van der Waals surface area contributed by atoms with E-state index in [-0.39, 0.29) is 17.6 Å². The molecule has 1 atom stereocenters. The second-order valence-electron chi connectivity index (χ2n) is 4.23. The van der Waals surface area contributed by atoms with Gasteiger partial charge < -0.3 is 0 Å². The molecule has 0 unspecified atom stereocenters. The SMILES string of the molecule is C=CCC(=O)[C@H](c1ccc(Cl)cc1)C(C)C. The molecule has 0 fully saturated rings. The molecule has 1 nitrogen and oxygen atoms in total. The topological polar surface area (TPSA) is 17.1 Å². The average Bonchev–Trinajstić information content (AvgIpc) is 2.21. The maximum atomic E-state index is 12.0. The van der Waals surface area contributed by atoms with Gasteiger partial charge >= 0.3 is 0 Å². The minimum atomic E-state index is -0.0599. The molecule has 0 aromatic heterocycles. The van der Waals surface area contributed by atoms with E-state index in [2.05, 4.69) is 20.4 Å². The Morgan fingerprint density at radius 2 is 1.94 bits per heavy atom. The van der Waals surface area contributed by atoms with Crippen LogP contribution in [0.15, 0.2) is 36.9 Å². The summed E-state index contributed by atoms with van der Waals surface area (Å²) in [6.45, 7) is 7.72. The molecular formula is C14H17ClO. The fourth-order valence-corrected chi connectivity index (χ4v) is 2.01. The molecule has 0 N–H and O–H groups in total. The number of rotatable bonds is 5. The highest BCUT2D eigenvalue weighted by molar-refractivity contribution is 6.30. The third kappa shape index (κ3) is 3.21. The Morgan fingerprint density at radius 1 is 1.38 bits per heavy atom. The average molecular weight is 237 g/mol. The normalized spacial score (nSPS) is 12.5. The second-order valence-corrected chi connectivity index (χ2v) is 4.67. The largest absolute Gasteiger partial charge is 0.299 e. The van der Waals surface area contributed by atoms with Gasteiger partial charge in [0.15, 0.2) is 0 Å². The van der Waals surface area contributed by atoms with Crippen LogP contribution in [0.1, 0.15) is 31.7 Å². The van der Waals surface area contributed by atoms with Crippen LogP contribution in [-0.2, 0) is 4.79 Å². The van der Waals surface area contributed by atoms with Crippen LogP contribution < -0.4 is 0 Å². The molecule has 1 rings (SSSR count). The third-order valence-electron chi connectivity index (χ3n) is 2.59. The van der Waals surface area contributed by atoms with Crippen molar-refractivity contribution in [3.8, 4) is 0 Å². The Hall–Kier alpha value is -1.08. The molecule has 86 valence electrons. The van der Waals surface area contributed by atoms with Crippen molar-refractivity contribution in [1.82, 2.24) is 0 Å². The summed E-state index contributed by atoms with van der Waals surface area (Å²) in [7, 11) is 0. The molecule has 0 aliphatic heterocycles. The summed E-state index contributed by atoms with van der Waals surface area (Å²) in [5.41, 5.74) is 1.03. The van der Waals surface area contributed by atoms with E-state index in [1.165, 1.54) is 0 Å². The van der Waals surface area contributed by atoms with Gasteiger partial charge in [0.1, 0.15) is 5.78 Å². The number of halogens is 1. The van der Waals surface area contributed by atoms with Gasteiger partial charge in [0.2, 0.25) is 0 Å². The molecule has 1 aromatic carbocycles. The van der Waals surface area contributed by atoms with Crippen LogP contribution in [0.4, 0.5) is 0 Å². The van der Waals surface area contributed by atoms with Gasteiger partial charge in [0, 0.05) is 17.4 Å². The highest BCUT2D eigenvalue weighted by Gasteiger charge is 2.22. The van der Waals surface area contributed by atoms with Gasteiger partial charge in [-0.15, -0.1) is 6.58 Å². The number of carbonyl (C=O) groups is 1. The number of hydrogen-bond donors (Lipinski definition) is 0. The highest BCUT2D eigenvalue weighted by atomic mass is 35.5. The molecule has 0 aliphatic rings. The molecule has 0 spiro atoms. The van der Waals surface area contributed by atoms with Crippen LogP contribution in [0.3, 0.4) is 0 Å². The number of ketones is 1. The molecule has 0 saturated heterocycles. The van der Waals surface area contributed by atoms with Crippen LogP contribution in [0, 0.1) is 5.92 Å². The molecule has 1 aromatic rings. The Labute approximate surface area is 102 Å². The monoisotopic (exact) mass is 236 g/mol. The van der Waals surface area contributed by atoms with E-state index < -0.39 is 0 Å². The summed E-state index contributed by atoms with van der Waals surface area (Å²) in [5, 5.41) is 0.697. The molecule has 0 bridgehead atoms. The van der Waals surface area contributed by atoms with Crippen LogP contribution >= 0.6 is 11.6 Å². The molecule has 16 heavy (non-hydrogen) atoms. The van der Waals surface area contributed by atoms with Gasteiger partial charge in [-0.1, -0.05) is 43.7 Å². The lowest BCUT2D eigenvalue weighted by Crippen LogP contribution is -2.17. The summed E-state index contributed by atoms with van der Waals surface area (Å²) in [6, 6.07) is 7.50. The van der Waals surface area contributed by atoms with Gasteiger partial charge in [-0.2, -0.15) is 0 Å². The maximum Gasteiger partial charge on any atom is 0.144 e. The number of hydrogen-bond acceptors (Lipinski definition) is 1. The first-order valence-corrected chi connectivity index (χ1v) is 5.83. The van der Waals surface area contributed by atoms with E-state index in [1.54, 1.807) is 6.08 Å². The Bertz CT molecular complexity index is 365. The minimum Gasteiger partial charge on any atom is -0.299 e. The Kier molecular flexibility index (Phi) is 4.75. The quantitative estimate of drug-likeness (QED) is 0.700. The van der Waals surface area contributed by atoms with Gasteiger partial charge in [-0.05, 0) is 23.6 Å². The Morgan fingerprint density at radius 3 is 2.38 bits per heavy atom. The fraction of sp³-hybridized carbons (Fsp3) is 0.357. The van der Waals surface area contributed by atoms with Crippen molar-refractivity contribution in [1.29, 1.82) is 0 Å². The van der Waals surface area contributed by atoms with Crippen molar-refractivity contribution in [3.05, 3.63) is 47.5 Å². The predicted octanol–water partition coefficient (Wildman–Crippen LogP) is 4.22. The second kappa shape index (κ2) is 5.86.